The molecule has 0 bridgehead atoms. The number of benzene rings is 1. The fourth-order valence-corrected chi connectivity index (χ4v) is 1.82. The molecule has 0 fully saturated rings. The molecule has 0 spiro atoms. The van der Waals surface area contributed by atoms with Crippen LogP contribution in [0.3, 0.4) is 0 Å². The van der Waals surface area contributed by atoms with E-state index in [0.29, 0.717) is 12.1 Å². The van der Waals surface area contributed by atoms with Gasteiger partial charge in [0.05, 0.1) is 0 Å². The van der Waals surface area contributed by atoms with Crippen molar-refractivity contribution in [3.63, 3.8) is 0 Å². The maximum atomic E-state index is 11.3. The molecule has 0 atom stereocenters. The van der Waals surface area contributed by atoms with Crippen molar-refractivity contribution in [2.75, 3.05) is 0 Å². The Morgan fingerprint density at radius 1 is 1.18 bits per heavy atom. The van der Waals surface area contributed by atoms with Crippen LogP contribution in [0.15, 0.2) is 42.6 Å². The summed E-state index contributed by atoms with van der Waals surface area (Å²) in [5, 5.41) is 0. The third kappa shape index (κ3) is 2.50. The van der Waals surface area contributed by atoms with Crippen molar-refractivity contribution in [2.24, 2.45) is 5.73 Å². The fraction of sp³-hybridized carbons (Fsp3) is 0.143. The van der Waals surface area contributed by atoms with Crippen LogP contribution in [0.1, 0.15) is 27.2 Å². The van der Waals surface area contributed by atoms with Gasteiger partial charge in [-0.2, -0.15) is 0 Å². The lowest BCUT2D eigenvalue weighted by Gasteiger charge is -2.08. The van der Waals surface area contributed by atoms with Crippen molar-refractivity contribution in [3.8, 4) is 0 Å². The van der Waals surface area contributed by atoms with Crippen LogP contribution in [0.25, 0.3) is 0 Å². The van der Waals surface area contributed by atoms with Crippen LogP contribution < -0.4 is 5.73 Å². The average Bonchev–Trinajstić information content (AvgIpc) is 2.32. The Morgan fingerprint density at radius 3 is 2.59 bits per heavy atom. The van der Waals surface area contributed by atoms with E-state index in [1.54, 1.807) is 6.20 Å². The number of amides is 1. The summed E-state index contributed by atoms with van der Waals surface area (Å²) in [5.74, 6) is -0.478. The number of aryl methyl sites for hydroxylation is 1. The molecular weight excluding hydrogens is 212 g/mol. The summed E-state index contributed by atoms with van der Waals surface area (Å²) >= 11 is 0. The van der Waals surface area contributed by atoms with Crippen LogP contribution in [0, 0.1) is 6.92 Å². The van der Waals surface area contributed by atoms with Gasteiger partial charge in [0.1, 0.15) is 5.69 Å². The highest BCUT2D eigenvalue weighted by Crippen LogP contribution is 2.15. The Labute approximate surface area is 100 Å². The van der Waals surface area contributed by atoms with Crippen molar-refractivity contribution in [1.29, 1.82) is 0 Å². The number of hydrogen-bond acceptors (Lipinski definition) is 2. The van der Waals surface area contributed by atoms with E-state index in [1.807, 2.05) is 30.3 Å². The predicted molar refractivity (Wildman–Crippen MR) is 66.7 cm³/mol. The van der Waals surface area contributed by atoms with E-state index >= 15 is 0 Å². The summed E-state index contributed by atoms with van der Waals surface area (Å²) in [4.78, 5) is 15.3. The first kappa shape index (κ1) is 11.3. The molecule has 0 aliphatic rings. The van der Waals surface area contributed by atoms with Gasteiger partial charge in [-0.05, 0) is 29.7 Å². The third-order valence-electron chi connectivity index (χ3n) is 2.77. The van der Waals surface area contributed by atoms with Crippen LogP contribution >= 0.6 is 0 Å². The van der Waals surface area contributed by atoms with Crippen molar-refractivity contribution >= 4 is 5.91 Å². The maximum Gasteiger partial charge on any atom is 0.267 e. The molecule has 1 aromatic carbocycles. The van der Waals surface area contributed by atoms with E-state index in [1.165, 1.54) is 11.1 Å². The van der Waals surface area contributed by atoms with Crippen molar-refractivity contribution < 1.29 is 4.79 Å². The predicted octanol–water partition coefficient (Wildman–Crippen LogP) is 2.08. The number of carbonyl (C=O) groups excluding carboxylic acids is 1. The minimum absolute atomic E-state index is 0.357. The van der Waals surface area contributed by atoms with Crippen molar-refractivity contribution in [1.82, 2.24) is 4.98 Å². The second-order valence-electron chi connectivity index (χ2n) is 3.98. The molecule has 3 nitrogen and oxygen atoms in total. The summed E-state index contributed by atoms with van der Waals surface area (Å²) in [5.41, 5.74) is 8.92. The summed E-state index contributed by atoms with van der Waals surface area (Å²) in [6.45, 7) is 2.05. The van der Waals surface area contributed by atoms with Gasteiger partial charge in [0.25, 0.3) is 5.91 Å². The van der Waals surface area contributed by atoms with Gasteiger partial charge in [-0.15, -0.1) is 0 Å². The van der Waals surface area contributed by atoms with Gasteiger partial charge in [-0.1, -0.05) is 30.3 Å². The van der Waals surface area contributed by atoms with Gasteiger partial charge in [-0.25, -0.2) is 0 Å². The Morgan fingerprint density at radius 2 is 1.88 bits per heavy atom. The molecule has 0 aliphatic heterocycles. The van der Waals surface area contributed by atoms with E-state index in [9.17, 15) is 4.79 Å². The van der Waals surface area contributed by atoms with Gasteiger partial charge in [-0.3, -0.25) is 9.78 Å². The number of nitrogens with two attached hydrogens (primary N) is 1. The van der Waals surface area contributed by atoms with Crippen LogP contribution in [-0.2, 0) is 6.42 Å². The summed E-state index contributed by atoms with van der Waals surface area (Å²) in [6.07, 6.45) is 2.26. The lowest BCUT2D eigenvalue weighted by atomic mass is 9.99. The number of pyridine rings is 1. The highest BCUT2D eigenvalue weighted by atomic mass is 16.1. The Hall–Kier alpha value is -2.16. The quantitative estimate of drug-likeness (QED) is 0.871. The second-order valence-corrected chi connectivity index (χ2v) is 3.98. The summed E-state index contributed by atoms with van der Waals surface area (Å²) < 4.78 is 0. The molecule has 0 saturated heterocycles. The minimum atomic E-state index is -0.478. The summed E-state index contributed by atoms with van der Waals surface area (Å²) in [6, 6.07) is 11.8. The second kappa shape index (κ2) is 4.78. The normalized spacial score (nSPS) is 10.2. The molecule has 2 aromatic rings. The van der Waals surface area contributed by atoms with Gasteiger partial charge in [0.2, 0.25) is 0 Å². The SMILES string of the molecule is Cc1ccccc1Cc1cccnc1C(N)=O. The first-order valence-electron chi connectivity index (χ1n) is 5.46. The summed E-state index contributed by atoms with van der Waals surface area (Å²) in [7, 11) is 0. The fourth-order valence-electron chi connectivity index (χ4n) is 1.82. The van der Waals surface area contributed by atoms with E-state index in [4.69, 9.17) is 5.73 Å². The van der Waals surface area contributed by atoms with Gasteiger partial charge in [0.15, 0.2) is 0 Å². The van der Waals surface area contributed by atoms with Gasteiger partial charge >= 0.3 is 0 Å². The number of nitrogens with zero attached hydrogens (tertiary/aromatic N) is 1. The molecule has 0 radical (unpaired) electrons. The lowest BCUT2D eigenvalue weighted by Crippen LogP contribution is -2.16. The third-order valence-corrected chi connectivity index (χ3v) is 2.77. The molecule has 1 aromatic heterocycles. The number of aromatic nitrogens is 1. The highest BCUT2D eigenvalue weighted by Gasteiger charge is 2.10. The molecule has 1 amide bonds. The molecule has 1 heterocycles. The van der Waals surface area contributed by atoms with Crippen molar-refractivity contribution in [2.45, 2.75) is 13.3 Å². The molecule has 0 saturated carbocycles. The molecule has 0 aliphatic carbocycles. The smallest absolute Gasteiger partial charge is 0.267 e. The van der Waals surface area contributed by atoms with E-state index < -0.39 is 5.91 Å². The molecule has 2 N–H and O–H groups in total. The topological polar surface area (TPSA) is 56.0 Å². The number of hydrogen-bond donors (Lipinski definition) is 1. The maximum absolute atomic E-state index is 11.3. The van der Waals surface area contributed by atoms with E-state index in [2.05, 4.69) is 18.0 Å². The molecular formula is C14H14N2O. The van der Waals surface area contributed by atoms with Crippen molar-refractivity contribution in [3.05, 3.63) is 65.0 Å². The first-order valence-corrected chi connectivity index (χ1v) is 5.46. The van der Waals surface area contributed by atoms with Crippen LogP contribution in [0.5, 0.6) is 0 Å². The molecule has 2 rings (SSSR count). The van der Waals surface area contributed by atoms with E-state index in [-0.39, 0.29) is 0 Å². The minimum Gasteiger partial charge on any atom is -0.364 e. The zero-order chi connectivity index (χ0) is 12.3. The van der Waals surface area contributed by atoms with Gasteiger partial charge < -0.3 is 5.73 Å². The largest absolute Gasteiger partial charge is 0.364 e. The molecule has 0 unspecified atom stereocenters. The average molecular weight is 226 g/mol. The number of rotatable bonds is 3. The van der Waals surface area contributed by atoms with Gasteiger partial charge in [0, 0.05) is 12.6 Å². The first-order chi connectivity index (χ1) is 8.18. The lowest BCUT2D eigenvalue weighted by molar-refractivity contribution is 0.0994. The molecule has 3 heteroatoms. The van der Waals surface area contributed by atoms with Crippen LogP contribution in [0.4, 0.5) is 0 Å². The zero-order valence-electron chi connectivity index (χ0n) is 9.68. The van der Waals surface area contributed by atoms with E-state index in [0.717, 1.165) is 5.56 Å². The number of carbonyl (C=O) groups is 1. The van der Waals surface area contributed by atoms with Crippen LogP contribution in [0.2, 0.25) is 0 Å². The zero-order valence-corrected chi connectivity index (χ0v) is 9.68. The highest BCUT2D eigenvalue weighted by molar-refractivity contribution is 5.92. The molecule has 86 valence electrons. The Balaban J connectivity index is 2.37. The standard InChI is InChI=1S/C14H14N2O/c1-10-5-2-3-6-11(10)9-12-7-4-8-16-13(12)14(15)17/h2-8H,9H2,1H3,(H2,15,17). The molecule has 17 heavy (non-hydrogen) atoms. The Bertz CT molecular complexity index is 549. The monoisotopic (exact) mass is 226 g/mol. The van der Waals surface area contributed by atoms with Crippen LogP contribution in [-0.4, -0.2) is 10.9 Å². The Kier molecular flexibility index (Phi) is 3.19. The number of primary amides is 1.